The van der Waals surface area contributed by atoms with Crippen LogP contribution >= 0.6 is 0 Å². The molecular weight excluding hydrogens is 382 g/mol. The van der Waals surface area contributed by atoms with E-state index < -0.39 is 5.97 Å². The lowest BCUT2D eigenvalue weighted by Crippen LogP contribution is -2.14. The van der Waals surface area contributed by atoms with Gasteiger partial charge in [0, 0.05) is 19.8 Å². The number of anilines is 1. The van der Waals surface area contributed by atoms with Crippen LogP contribution in [0.3, 0.4) is 0 Å². The number of aromatic hydroxyl groups is 1. The molecule has 0 fully saturated rings. The quantitative estimate of drug-likeness (QED) is 0.546. The number of ether oxygens (including phenoxy) is 1. The summed E-state index contributed by atoms with van der Waals surface area (Å²) in [4.78, 5) is 24.3. The maximum Gasteiger partial charge on any atom is 0.339 e. The zero-order valence-electron chi connectivity index (χ0n) is 18.3. The molecule has 0 amide bonds. The second kappa shape index (κ2) is 13.2. The molecular formula is C24H33NO5. The minimum atomic E-state index is -1.11. The molecule has 0 spiro atoms. The van der Waals surface area contributed by atoms with E-state index in [0.29, 0.717) is 18.1 Å². The summed E-state index contributed by atoms with van der Waals surface area (Å²) >= 11 is 0. The van der Waals surface area contributed by atoms with Gasteiger partial charge in [0.15, 0.2) is 0 Å². The molecule has 30 heavy (non-hydrogen) atoms. The van der Waals surface area contributed by atoms with Crippen LogP contribution in [-0.4, -0.2) is 42.9 Å². The van der Waals surface area contributed by atoms with Gasteiger partial charge in [0.2, 0.25) is 0 Å². The number of para-hydroxylation sites is 1. The Morgan fingerprint density at radius 2 is 1.67 bits per heavy atom. The van der Waals surface area contributed by atoms with Gasteiger partial charge >= 0.3 is 11.9 Å². The van der Waals surface area contributed by atoms with Crippen molar-refractivity contribution in [1.82, 2.24) is 0 Å². The fourth-order valence-electron chi connectivity index (χ4n) is 2.73. The molecule has 1 atom stereocenters. The number of nitrogens with zero attached hydrogens (tertiary/aromatic N) is 1. The number of phenols is 1. The molecule has 0 aromatic heterocycles. The number of benzene rings is 2. The van der Waals surface area contributed by atoms with Crippen molar-refractivity contribution in [1.29, 1.82) is 0 Å². The number of carboxylic acid groups (broad SMARTS) is 1. The van der Waals surface area contributed by atoms with Crippen molar-refractivity contribution in [3.63, 3.8) is 0 Å². The van der Waals surface area contributed by atoms with Crippen molar-refractivity contribution in [2.24, 2.45) is 5.92 Å². The van der Waals surface area contributed by atoms with Crippen LogP contribution in [0.1, 0.15) is 60.2 Å². The third-order valence-corrected chi connectivity index (χ3v) is 4.75. The Balaban J connectivity index is 0.000000375. The van der Waals surface area contributed by atoms with Crippen LogP contribution in [0.15, 0.2) is 48.5 Å². The second-order valence-electron chi connectivity index (χ2n) is 7.28. The van der Waals surface area contributed by atoms with Crippen molar-refractivity contribution in [3.05, 3.63) is 59.7 Å². The molecule has 0 aliphatic heterocycles. The molecule has 0 aliphatic carbocycles. The smallest absolute Gasteiger partial charge is 0.339 e. The second-order valence-corrected chi connectivity index (χ2v) is 7.28. The van der Waals surface area contributed by atoms with E-state index in [1.54, 1.807) is 12.1 Å². The number of hydrogen-bond donors (Lipinski definition) is 2. The summed E-state index contributed by atoms with van der Waals surface area (Å²) in [6.45, 7) is 4.87. The van der Waals surface area contributed by atoms with E-state index in [1.165, 1.54) is 25.0 Å². The van der Waals surface area contributed by atoms with Gasteiger partial charge in [0.05, 0.1) is 12.2 Å². The number of carboxylic acids is 1. The first-order valence-corrected chi connectivity index (χ1v) is 10.3. The van der Waals surface area contributed by atoms with Gasteiger partial charge in [-0.05, 0) is 48.7 Å². The Bertz CT molecular complexity index is 786. The van der Waals surface area contributed by atoms with Gasteiger partial charge in [-0.25, -0.2) is 9.59 Å². The highest BCUT2D eigenvalue weighted by atomic mass is 16.5. The molecule has 0 aliphatic rings. The number of hydrogen-bond acceptors (Lipinski definition) is 5. The first-order valence-electron chi connectivity index (χ1n) is 10.3. The number of unbranched alkanes of at least 4 members (excludes halogenated alkanes) is 1. The molecule has 0 heterocycles. The average molecular weight is 416 g/mol. The van der Waals surface area contributed by atoms with Gasteiger partial charge in [-0.15, -0.1) is 0 Å². The van der Waals surface area contributed by atoms with Crippen molar-refractivity contribution < 1.29 is 24.5 Å². The summed E-state index contributed by atoms with van der Waals surface area (Å²) in [6.07, 6.45) is 4.59. The fourth-order valence-corrected chi connectivity index (χ4v) is 2.73. The predicted octanol–water partition coefficient (Wildman–Crippen LogP) is 5.22. The molecule has 2 N–H and O–H groups in total. The highest BCUT2D eigenvalue weighted by Crippen LogP contribution is 2.16. The van der Waals surface area contributed by atoms with E-state index in [0.717, 1.165) is 18.5 Å². The third-order valence-electron chi connectivity index (χ3n) is 4.75. The maximum atomic E-state index is 12.0. The summed E-state index contributed by atoms with van der Waals surface area (Å²) in [5.41, 5.74) is 1.64. The highest BCUT2D eigenvalue weighted by Gasteiger charge is 2.12. The lowest BCUT2D eigenvalue weighted by molar-refractivity contribution is 0.0428. The van der Waals surface area contributed by atoms with Crippen LogP contribution in [0, 0.1) is 5.92 Å². The molecule has 0 radical (unpaired) electrons. The van der Waals surface area contributed by atoms with Gasteiger partial charge in [-0.1, -0.05) is 45.2 Å². The molecule has 164 valence electrons. The van der Waals surface area contributed by atoms with Crippen LogP contribution in [0.4, 0.5) is 5.69 Å². The van der Waals surface area contributed by atoms with Crippen molar-refractivity contribution in [2.75, 3.05) is 25.6 Å². The molecule has 6 heteroatoms. The third kappa shape index (κ3) is 8.55. The van der Waals surface area contributed by atoms with Crippen LogP contribution in [0.25, 0.3) is 0 Å². The summed E-state index contributed by atoms with van der Waals surface area (Å²) in [7, 11) is 3.96. The summed E-state index contributed by atoms with van der Waals surface area (Å²) in [5, 5.41) is 17.3. The predicted molar refractivity (Wildman–Crippen MR) is 119 cm³/mol. The lowest BCUT2D eigenvalue weighted by Gasteiger charge is -2.15. The van der Waals surface area contributed by atoms with Crippen molar-refractivity contribution in [3.8, 4) is 5.75 Å². The number of esters is 1. The van der Waals surface area contributed by atoms with Gasteiger partial charge in [-0.3, -0.25) is 0 Å². The molecule has 0 bridgehead atoms. The number of carbonyl (C=O) groups is 2. The zero-order chi connectivity index (χ0) is 22.5. The first kappa shape index (κ1) is 25.0. The van der Waals surface area contributed by atoms with Gasteiger partial charge < -0.3 is 19.8 Å². The van der Waals surface area contributed by atoms with Crippen LogP contribution < -0.4 is 4.90 Å². The summed E-state index contributed by atoms with van der Waals surface area (Å²) in [5.74, 6) is -1.04. The minimum absolute atomic E-state index is 0.0671. The number of carbonyl (C=O) groups excluding carboxylic acids is 1. The first-order chi connectivity index (χ1) is 14.3. The molecule has 2 aromatic rings. The highest BCUT2D eigenvalue weighted by molar-refractivity contribution is 5.90. The van der Waals surface area contributed by atoms with E-state index in [9.17, 15) is 9.59 Å². The monoisotopic (exact) mass is 415 g/mol. The number of aromatic carboxylic acids is 1. The average Bonchev–Trinajstić information content (AvgIpc) is 2.74. The fraction of sp³-hybridized carbons (Fsp3) is 0.417. The maximum absolute atomic E-state index is 12.0. The minimum Gasteiger partial charge on any atom is -0.507 e. The van der Waals surface area contributed by atoms with Gasteiger partial charge in [-0.2, -0.15) is 0 Å². The van der Waals surface area contributed by atoms with Gasteiger partial charge in [0.25, 0.3) is 0 Å². The Morgan fingerprint density at radius 1 is 1.03 bits per heavy atom. The van der Waals surface area contributed by atoms with E-state index >= 15 is 0 Å². The normalized spacial score (nSPS) is 11.1. The Labute approximate surface area is 179 Å². The van der Waals surface area contributed by atoms with Crippen LogP contribution in [0.2, 0.25) is 0 Å². The van der Waals surface area contributed by atoms with E-state index in [4.69, 9.17) is 14.9 Å². The zero-order valence-corrected chi connectivity index (χ0v) is 18.3. The van der Waals surface area contributed by atoms with Gasteiger partial charge in [0.1, 0.15) is 11.3 Å². The van der Waals surface area contributed by atoms with Crippen LogP contribution in [0.5, 0.6) is 5.75 Å². The molecule has 0 saturated carbocycles. The SMILES string of the molecule is CCCCC(CC)COC(=O)c1ccc(N(C)C)cc1.O=C(O)c1ccccc1O. The topological polar surface area (TPSA) is 87.1 Å². The van der Waals surface area contributed by atoms with Crippen molar-refractivity contribution in [2.45, 2.75) is 39.5 Å². The molecule has 1 unspecified atom stereocenters. The molecule has 0 saturated heterocycles. The Kier molecular flexibility index (Phi) is 11.0. The van der Waals surface area contributed by atoms with Crippen molar-refractivity contribution >= 4 is 17.6 Å². The lowest BCUT2D eigenvalue weighted by atomic mass is 10.0. The van der Waals surface area contributed by atoms with E-state index in [1.807, 2.05) is 43.3 Å². The molecule has 2 rings (SSSR count). The summed E-state index contributed by atoms with van der Waals surface area (Å²) < 4.78 is 5.43. The van der Waals surface area contributed by atoms with E-state index in [-0.39, 0.29) is 17.3 Å². The standard InChI is InChI=1S/C17H27NO2.C7H6O3/c1-5-7-8-14(6-2)13-20-17(19)15-9-11-16(12-10-15)18(3)4;8-6-4-2-1-3-5(6)7(9)10/h9-12,14H,5-8,13H2,1-4H3;1-4,8H,(H,9,10). The van der Waals surface area contributed by atoms with E-state index in [2.05, 4.69) is 13.8 Å². The summed E-state index contributed by atoms with van der Waals surface area (Å²) in [6, 6.07) is 13.3. The molecule has 6 nitrogen and oxygen atoms in total. The Hall–Kier alpha value is -3.02. The molecule has 2 aromatic carbocycles. The van der Waals surface area contributed by atoms with Crippen LogP contribution in [-0.2, 0) is 4.74 Å². The largest absolute Gasteiger partial charge is 0.507 e. The number of rotatable bonds is 9. The Morgan fingerprint density at radius 3 is 2.13 bits per heavy atom.